The van der Waals surface area contributed by atoms with Crippen LogP contribution in [-0.2, 0) is 6.54 Å². The van der Waals surface area contributed by atoms with Gasteiger partial charge in [-0.1, -0.05) is 6.07 Å². The number of benzene rings is 1. The smallest absolute Gasteiger partial charge is 0.264 e. The zero-order chi connectivity index (χ0) is 18.5. The Kier molecular flexibility index (Phi) is 6.00. The molecule has 2 aromatic rings. The van der Waals surface area contributed by atoms with E-state index in [2.05, 4.69) is 4.90 Å². The Balaban J connectivity index is 1.63. The molecule has 0 N–H and O–H groups in total. The van der Waals surface area contributed by atoms with E-state index in [1.165, 1.54) is 11.3 Å². The molecule has 0 saturated carbocycles. The molecule has 140 valence electrons. The number of nitrogens with zero attached hydrogens (tertiary/aromatic N) is 2. The van der Waals surface area contributed by atoms with Crippen LogP contribution in [0.4, 0.5) is 0 Å². The number of rotatable bonds is 6. The first-order valence-electron chi connectivity index (χ1n) is 8.50. The van der Waals surface area contributed by atoms with Crippen LogP contribution in [0.1, 0.15) is 15.2 Å². The summed E-state index contributed by atoms with van der Waals surface area (Å²) in [5.41, 5.74) is 1.09. The third-order valence-electron chi connectivity index (χ3n) is 4.52. The Labute approximate surface area is 157 Å². The molecule has 0 spiro atoms. The molecule has 1 saturated heterocycles. The molecule has 0 bridgehead atoms. The van der Waals surface area contributed by atoms with Crippen LogP contribution in [0.2, 0.25) is 0 Å². The van der Waals surface area contributed by atoms with Gasteiger partial charge in [0.05, 0.1) is 26.2 Å². The summed E-state index contributed by atoms with van der Waals surface area (Å²) in [6.45, 7) is 3.93. The molecule has 7 heteroatoms. The van der Waals surface area contributed by atoms with E-state index < -0.39 is 0 Å². The summed E-state index contributed by atoms with van der Waals surface area (Å²) in [7, 11) is 4.84. The summed E-state index contributed by atoms with van der Waals surface area (Å²) in [5.74, 6) is 2.05. The molecule has 6 nitrogen and oxygen atoms in total. The quantitative estimate of drug-likeness (QED) is 0.776. The Morgan fingerprint density at radius 2 is 1.69 bits per heavy atom. The lowest BCUT2D eigenvalue weighted by Crippen LogP contribution is -2.48. The average molecular weight is 376 g/mol. The van der Waals surface area contributed by atoms with Crippen molar-refractivity contribution in [1.82, 2.24) is 9.80 Å². The van der Waals surface area contributed by atoms with E-state index in [1.807, 2.05) is 34.5 Å². The van der Waals surface area contributed by atoms with E-state index in [-0.39, 0.29) is 5.91 Å². The van der Waals surface area contributed by atoms with Crippen LogP contribution in [0.25, 0.3) is 0 Å². The van der Waals surface area contributed by atoms with Crippen LogP contribution in [0, 0.1) is 0 Å². The Morgan fingerprint density at radius 1 is 1.04 bits per heavy atom. The minimum atomic E-state index is 0.132. The first kappa shape index (κ1) is 18.5. The molecule has 1 aromatic carbocycles. The van der Waals surface area contributed by atoms with Gasteiger partial charge < -0.3 is 19.1 Å². The SMILES string of the molecule is COc1cc(CN2CCN(C(=O)c3cccs3)CC2)cc(OC)c1OC. The van der Waals surface area contributed by atoms with Gasteiger partial charge in [0, 0.05) is 32.7 Å². The second kappa shape index (κ2) is 8.42. The van der Waals surface area contributed by atoms with Crippen molar-refractivity contribution in [2.24, 2.45) is 0 Å². The molecule has 0 radical (unpaired) electrons. The second-order valence-electron chi connectivity index (χ2n) is 6.08. The Hall–Kier alpha value is -2.25. The summed E-state index contributed by atoms with van der Waals surface area (Å²) >= 11 is 1.50. The lowest BCUT2D eigenvalue weighted by Gasteiger charge is -2.34. The van der Waals surface area contributed by atoms with Crippen LogP contribution in [0.15, 0.2) is 29.6 Å². The summed E-state index contributed by atoms with van der Waals surface area (Å²) in [5, 5.41) is 1.94. The normalized spacial score (nSPS) is 15.0. The predicted octanol–water partition coefficient (Wildman–Crippen LogP) is 2.73. The highest BCUT2D eigenvalue weighted by Crippen LogP contribution is 2.38. The summed E-state index contributed by atoms with van der Waals surface area (Å²) < 4.78 is 16.2. The fourth-order valence-electron chi connectivity index (χ4n) is 3.15. The van der Waals surface area contributed by atoms with Crippen molar-refractivity contribution in [3.63, 3.8) is 0 Å². The van der Waals surface area contributed by atoms with Crippen molar-refractivity contribution >= 4 is 17.2 Å². The number of piperazine rings is 1. The molecule has 26 heavy (non-hydrogen) atoms. The Morgan fingerprint density at radius 3 is 2.19 bits per heavy atom. The van der Waals surface area contributed by atoms with E-state index in [0.29, 0.717) is 17.2 Å². The van der Waals surface area contributed by atoms with Crippen LogP contribution in [-0.4, -0.2) is 63.2 Å². The molecule has 1 aliphatic rings. The third-order valence-corrected chi connectivity index (χ3v) is 5.38. The number of carbonyl (C=O) groups excluding carboxylic acids is 1. The number of ether oxygens (including phenoxy) is 3. The highest BCUT2D eigenvalue weighted by Gasteiger charge is 2.23. The monoisotopic (exact) mass is 376 g/mol. The van der Waals surface area contributed by atoms with Gasteiger partial charge in [-0.05, 0) is 29.1 Å². The zero-order valence-electron chi connectivity index (χ0n) is 15.4. The average Bonchev–Trinajstić information content (AvgIpc) is 3.22. The number of hydrogen-bond donors (Lipinski definition) is 0. The number of hydrogen-bond acceptors (Lipinski definition) is 6. The van der Waals surface area contributed by atoms with Crippen LogP contribution < -0.4 is 14.2 Å². The summed E-state index contributed by atoms with van der Waals surface area (Å²) in [6, 6.07) is 7.75. The van der Waals surface area contributed by atoms with Crippen molar-refractivity contribution in [2.75, 3.05) is 47.5 Å². The van der Waals surface area contributed by atoms with Crippen molar-refractivity contribution in [3.8, 4) is 17.2 Å². The Bertz CT molecular complexity index is 715. The van der Waals surface area contributed by atoms with E-state index in [0.717, 1.165) is 43.2 Å². The number of amides is 1. The molecule has 0 atom stereocenters. The molecular formula is C19H24N2O4S. The highest BCUT2D eigenvalue weighted by atomic mass is 32.1. The first-order chi connectivity index (χ1) is 12.7. The minimum absolute atomic E-state index is 0.132. The van der Waals surface area contributed by atoms with Gasteiger partial charge >= 0.3 is 0 Å². The molecular weight excluding hydrogens is 352 g/mol. The van der Waals surface area contributed by atoms with Crippen molar-refractivity contribution < 1.29 is 19.0 Å². The predicted molar refractivity (Wildman–Crippen MR) is 102 cm³/mol. The first-order valence-corrected chi connectivity index (χ1v) is 9.38. The maximum Gasteiger partial charge on any atom is 0.264 e. The molecule has 1 aliphatic heterocycles. The number of thiophene rings is 1. The largest absolute Gasteiger partial charge is 0.493 e. The lowest BCUT2D eigenvalue weighted by atomic mass is 10.1. The van der Waals surface area contributed by atoms with Crippen molar-refractivity contribution in [2.45, 2.75) is 6.54 Å². The van der Waals surface area contributed by atoms with Gasteiger partial charge in [-0.15, -0.1) is 11.3 Å². The molecule has 3 rings (SSSR count). The molecule has 1 amide bonds. The van der Waals surface area contributed by atoms with E-state index >= 15 is 0 Å². The van der Waals surface area contributed by atoms with Gasteiger partial charge in [-0.2, -0.15) is 0 Å². The van der Waals surface area contributed by atoms with Gasteiger partial charge in [0.25, 0.3) is 5.91 Å². The molecule has 2 heterocycles. The highest BCUT2D eigenvalue weighted by molar-refractivity contribution is 7.12. The summed E-state index contributed by atoms with van der Waals surface area (Å²) in [4.78, 5) is 17.5. The second-order valence-corrected chi connectivity index (χ2v) is 7.03. The lowest BCUT2D eigenvalue weighted by molar-refractivity contribution is 0.0633. The van der Waals surface area contributed by atoms with Crippen LogP contribution >= 0.6 is 11.3 Å². The van der Waals surface area contributed by atoms with Crippen LogP contribution in [0.5, 0.6) is 17.2 Å². The number of carbonyl (C=O) groups is 1. The fraction of sp³-hybridized carbons (Fsp3) is 0.421. The molecule has 1 fully saturated rings. The van der Waals surface area contributed by atoms with E-state index in [4.69, 9.17) is 14.2 Å². The van der Waals surface area contributed by atoms with Gasteiger partial charge in [-0.25, -0.2) is 0 Å². The molecule has 0 aliphatic carbocycles. The summed E-state index contributed by atoms with van der Waals surface area (Å²) in [6.07, 6.45) is 0. The fourth-order valence-corrected chi connectivity index (χ4v) is 3.84. The van der Waals surface area contributed by atoms with E-state index in [1.54, 1.807) is 21.3 Å². The van der Waals surface area contributed by atoms with Gasteiger partial charge in [0.15, 0.2) is 11.5 Å². The topological polar surface area (TPSA) is 51.2 Å². The number of methoxy groups -OCH3 is 3. The van der Waals surface area contributed by atoms with Gasteiger partial charge in [0.2, 0.25) is 5.75 Å². The van der Waals surface area contributed by atoms with E-state index in [9.17, 15) is 4.79 Å². The van der Waals surface area contributed by atoms with Crippen LogP contribution in [0.3, 0.4) is 0 Å². The molecule has 0 unspecified atom stereocenters. The van der Waals surface area contributed by atoms with Gasteiger partial charge in [-0.3, -0.25) is 9.69 Å². The maximum absolute atomic E-state index is 12.4. The standard InChI is InChI=1S/C19H24N2O4S/c1-23-15-11-14(12-16(24-2)18(15)25-3)13-20-6-8-21(9-7-20)19(22)17-5-4-10-26-17/h4-5,10-12H,6-9,13H2,1-3H3. The van der Waals surface area contributed by atoms with Gasteiger partial charge in [0.1, 0.15) is 0 Å². The maximum atomic E-state index is 12.4. The third kappa shape index (κ3) is 3.94. The molecule has 1 aromatic heterocycles. The van der Waals surface area contributed by atoms with Crippen molar-refractivity contribution in [1.29, 1.82) is 0 Å². The minimum Gasteiger partial charge on any atom is -0.493 e. The van der Waals surface area contributed by atoms with Crippen molar-refractivity contribution in [3.05, 3.63) is 40.1 Å². The zero-order valence-corrected chi connectivity index (χ0v) is 16.2.